The molecule has 3 rings (SSSR count). The van der Waals surface area contributed by atoms with Crippen LogP contribution in [-0.4, -0.2) is 52.8 Å². The summed E-state index contributed by atoms with van der Waals surface area (Å²) in [5.41, 5.74) is 1.49. The molecule has 0 spiro atoms. The number of aromatic nitrogens is 1. The first-order chi connectivity index (χ1) is 13.4. The van der Waals surface area contributed by atoms with Crippen molar-refractivity contribution in [1.82, 2.24) is 9.47 Å². The molecule has 28 heavy (non-hydrogen) atoms. The monoisotopic (exact) mass is 402 g/mol. The zero-order valence-electron chi connectivity index (χ0n) is 15.3. The van der Waals surface area contributed by atoms with Crippen LogP contribution in [-0.2, 0) is 30.4 Å². The van der Waals surface area contributed by atoms with Gasteiger partial charge in [0.15, 0.2) is 0 Å². The zero-order chi connectivity index (χ0) is 20.3. The largest absolute Gasteiger partial charge is 0.468 e. The molecule has 1 aliphatic heterocycles. The maximum absolute atomic E-state index is 12.5. The smallest absolute Gasteiger partial charge is 0.325 e. The normalized spacial score (nSPS) is 15.5. The third kappa shape index (κ3) is 3.94. The second-order valence-electron chi connectivity index (χ2n) is 5.88. The van der Waals surface area contributed by atoms with Gasteiger partial charge in [-0.25, -0.2) is 0 Å². The van der Waals surface area contributed by atoms with Crippen molar-refractivity contribution in [2.75, 3.05) is 20.3 Å². The van der Waals surface area contributed by atoms with Gasteiger partial charge < -0.3 is 14.0 Å². The number of para-hydroxylation sites is 1. The summed E-state index contributed by atoms with van der Waals surface area (Å²) in [4.78, 5) is 48.9. The van der Waals surface area contributed by atoms with Crippen LogP contribution in [0, 0.1) is 0 Å². The van der Waals surface area contributed by atoms with Crippen LogP contribution in [0.3, 0.4) is 0 Å². The lowest BCUT2D eigenvalue weighted by Gasteiger charge is -2.09. The van der Waals surface area contributed by atoms with E-state index < -0.39 is 23.7 Å². The van der Waals surface area contributed by atoms with Gasteiger partial charge in [-0.15, -0.1) is 0 Å². The summed E-state index contributed by atoms with van der Waals surface area (Å²) < 4.78 is 11.3. The number of nitrogens with zero attached hydrogens (tertiary/aromatic N) is 2. The SMILES string of the molecule is CCOC(=O)Cn1cc(/C=C2/SC(=O)N(CC(=O)OC)C2=O)c2ccccc21. The van der Waals surface area contributed by atoms with Crippen LogP contribution in [0.25, 0.3) is 17.0 Å². The van der Waals surface area contributed by atoms with Gasteiger partial charge in [0, 0.05) is 22.7 Å². The van der Waals surface area contributed by atoms with E-state index in [1.807, 2.05) is 24.3 Å². The quantitative estimate of drug-likeness (QED) is 0.541. The molecule has 0 saturated carbocycles. The number of imide groups is 1. The first-order valence-corrected chi connectivity index (χ1v) is 9.32. The highest BCUT2D eigenvalue weighted by Gasteiger charge is 2.36. The number of ether oxygens (including phenoxy) is 2. The van der Waals surface area contributed by atoms with Crippen LogP contribution in [0.15, 0.2) is 35.4 Å². The predicted octanol–water partition coefficient (Wildman–Crippen LogP) is 2.41. The van der Waals surface area contributed by atoms with E-state index in [0.29, 0.717) is 5.56 Å². The van der Waals surface area contributed by atoms with Gasteiger partial charge >= 0.3 is 11.9 Å². The van der Waals surface area contributed by atoms with Crippen LogP contribution < -0.4 is 0 Å². The summed E-state index contributed by atoms with van der Waals surface area (Å²) in [7, 11) is 1.19. The Kier molecular flexibility index (Phi) is 5.84. The highest BCUT2D eigenvalue weighted by atomic mass is 32.2. The number of hydrogen-bond acceptors (Lipinski definition) is 7. The average molecular weight is 402 g/mol. The molecule has 0 atom stereocenters. The van der Waals surface area contributed by atoms with Crippen molar-refractivity contribution >= 4 is 51.8 Å². The highest BCUT2D eigenvalue weighted by Crippen LogP contribution is 2.34. The van der Waals surface area contributed by atoms with Gasteiger partial charge in [-0.3, -0.25) is 24.1 Å². The van der Waals surface area contributed by atoms with Crippen molar-refractivity contribution in [2.45, 2.75) is 13.5 Å². The molecule has 1 fully saturated rings. The maximum Gasteiger partial charge on any atom is 0.325 e. The molecule has 0 radical (unpaired) electrons. The molecule has 2 heterocycles. The minimum absolute atomic E-state index is 0.0337. The van der Waals surface area contributed by atoms with E-state index in [9.17, 15) is 19.2 Å². The second-order valence-corrected chi connectivity index (χ2v) is 6.87. The number of rotatable bonds is 6. The van der Waals surface area contributed by atoms with Crippen molar-refractivity contribution in [3.05, 3.63) is 40.9 Å². The van der Waals surface area contributed by atoms with Crippen LogP contribution in [0.1, 0.15) is 12.5 Å². The Morgan fingerprint density at radius 1 is 1.14 bits per heavy atom. The second kappa shape index (κ2) is 8.30. The van der Waals surface area contributed by atoms with E-state index in [1.54, 1.807) is 23.8 Å². The van der Waals surface area contributed by atoms with E-state index in [2.05, 4.69) is 4.74 Å². The summed E-state index contributed by atoms with van der Waals surface area (Å²) in [6, 6.07) is 7.41. The zero-order valence-corrected chi connectivity index (χ0v) is 16.2. The molecule has 2 amide bonds. The molecule has 0 bridgehead atoms. The number of hydrogen-bond donors (Lipinski definition) is 0. The number of benzene rings is 1. The fourth-order valence-electron chi connectivity index (χ4n) is 2.84. The number of methoxy groups -OCH3 is 1. The third-order valence-corrected chi connectivity index (χ3v) is 5.01. The minimum Gasteiger partial charge on any atom is -0.468 e. The molecular formula is C19H18N2O6S. The summed E-state index contributed by atoms with van der Waals surface area (Å²) in [5.74, 6) is -1.59. The van der Waals surface area contributed by atoms with Gasteiger partial charge in [-0.2, -0.15) is 0 Å². The van der Waals surface area contributed by atoms with Crippen molar-refractivity contribution in [3.8, 4) is 0 Å². The lowest BCUT2D eigenvalue weighted by atomic mass is 10.1. The van der Waals surface area contributed by atoms with Gasteiger partial charge in [-0.05, 0) is 30.8 Å². The van der Waals surface area contributed by atoms with Crippen LogP contribution in [0.2, 0.25) is 0 Å². The summed E-state index contributed by atoms with van der Waals surface area (Å²) in [6.45, 7) is 1.63. The number of thioether (sulfide) groups is 1. The number of carbonyl (C=O) groups excluding carboxylic acids is 4. The topological polar surface area (TPSA) is 94.9 Å². The Bertz CT molecular complexity index is 993. The lowest BCUT2D eigenvalue weighted by Crippen LogP contribution is -2.34. The molecule has 0 unspecified atom stereocenters. The van der Waals surface area contributed by atoms with E-state index in [1.165, 1.54) is 7.11 Å². The minimum atomic E-state index is -0.672. The van der Waals surface area contributed by atoms with Crippen LogP contribution >= 0.6 is 11.8 Å². The fourth-order valence-corrected chi connectivity index (χ4v) is 3.67. The molecule has 0 aliphatic carbocycles. The Hall–Kier alpha value is -3.07. The van der Waals surface area contributed by atoms with E-state index in [4.69, 9.17) is 4.74 Å². The van der Waals surface area contributed by atoms with Crippen LogP contribution in [0.4, 0.5) is 4.79 Å². The van der Waals surface area contributed by atoms with Gasteiger partial charge in [0.05, 0.1) is 18.6 Å². The maximum atomic E-state index is 12.5. The average Bonchev–Trinajstić information content (AvgIpc) is 3.14. The van der Waals surface area contributed by atoms with Crippen LogP contribution in [0.5, 0.6) is 0 Å². The van der Waals surface area contributed by atoms with Gasteiger partial charge in [0.1, 0.15) is 13.1 Å². The molecule has 0 N–H and O–H groups in total. The Morgan fingerprint density at radius 2 is 1.89 bits per heavy atom. The first-order valence-electron chi connectivity index (χ1n) is 8.50. The number of fused-ring (bicyclic) bond motifs is 1. The summed E-state index contributed by atoms with van der Waals surface area (Å²) >= 11 is 0.759. The van der Waals surface area contributed by atoms with Crippen molar-refractivity contribution < 1.29 is 28.7 Å². The molecule has 146 valence electrons. The number of amides is 2. The molecular weight excluding hydrogens is 384 g/mol. The third-order valence-electron chi connectivity index (χ3n) is 4.10. The number of esters is 2. The van der Waals surface area contributed by atoms with E-state index in [-0.39, 0.29) is 24.0 Å². The molecule has 1 saturated heterocycles. The van der Waals surface area contributed by atoms with Crippen molar-refractivity contribution in [3.63, 3.8) is 0 Å². The van der Waals surface area contributed by atoms with Crippen molar-refractivity contribution in [1.29, 1.82) is 0 Å². The molecule has 1 aromatic carbocycles. The first kappa shape index (κ1) is 19.7. The Labute approximate surface area is 165 Å². The van der Waals surface area contributed by atoms with Gasteiger partial charge in [0.2, 0.25) is 0 Å². The van der Waals surface area contributed by atoms with Crippen molar-refractivity contribution in [2.24, 2.45) is 0 Å². The number of carbonyl (C=O) groups is 4. The molecule has 2 aromatic rings. The predicted molar refractivity (Wildman–Crippen MR) is 103 cm³/mol. The highest BCUT2D eigenvalue weighted by molar-refractivity contribution is 8.18. The fraction of sp³-hybridized carbons (Fsp3) is 0.263. The summed E-state index contributed by atoms with van der Waals surface area (Å²) in [5, 5.41) is 0.295. The van der Waals surface area contributed by atoms with Gasteiger partial charge in [0.25, 0.3) is 11.1 Å². The Morgan fingerprint density at radius 3 is 2.61 bits per heavy atom. The standard InChI is InChI=1S/C19H18N2O6S/c1-3-27-17(23)10-20-9-12(13-6-4-5-7-14(13)20)8-15-18(24)21(19(25)28-15)11-16(22)26-2/h4-9H,3,10-11H2,1-2H3/b15-8+. The summed E-state index contributed by atoms with van der Waals surface area (Å²) in [6.07, 6.45) is 3.32. The Balaban J connectivity index is 1.94. The van der Waals surface area contributed by atoms with E-state index in [0.717, 1.165) is 27.6 Å². The lowest BCUT2D eigenvalue weighted by molar-refractivity contribution is -0.144. The van der Waals surface area contributed by atoms with E-state index >= 15 is 0 Å². The van der Waals surface area contributed by atoms with Gasteiger partial charge in [-0.1, -0.05) is 18.2 Å². The molecule has 8 nitrogen and oxygen atoms in total. The molecule has 1 aliphatic rings. The molecule has 1 aromatic heterocycles. The molecule has 9 heteroatoms.